The first kappa shape index (κ1) is 15.2. The molecule has 4 bridgehead atoms. The van der Waals surface area contributed by atoms with E-state index in [2.05, 4.69) is 29.7 Å². The van der Waals surface area contributed by atoms with Crippen molar-refractivity contribution >= 4 is 5.91 Å². The van der Waals surface area contributed by atoms with Gasteiger partial charge in [0.05, 0.1) is 6.54 Å². The van der Waals surface area contributed by atoms with Gasteiger partial charge in [-0.2, -0.15) is 0 Å². The molecule has 2 N–H and O–H groups in total. The summed E-state index contributed by atoms with van der Waals surface area (Å²) in [5.41, 5.74) is 1.36. The van der Waals surface area contributed by atoms with E-state index in [0.717, 1.165) is 17.8 Å². The Morgan fingerprint density at radius 2 is 1.65 bits per heavy atom. The molecule has 0 aromatic heterocycles. The first-order valence-electron chi connectivity index (χ1n) is 9.21. The van der Waals surface area contributed by atoms with Crippen LogP contribution in [-0.2, 0) is 4.79 Å². The summed E-state index contributed by atoms with van der Waals surface area (Å²) in [5, 5.41) is 6.80. The zero-order valence-electron chi connectivity index (χ0n) is 14.1. The molecule has 23 heavy (non-hydrogen) atoms. The number of rotatable bonds is 5. The van der Waals surface area contributed by atoms with E-state index in [1.54, 1.807) is 0 Å². The summed E-state index contributed by atoms with van der Waals surface area (Å²) in [6, 6.07) is 10.5. The number of carbonyl (C=O) groups excluding carboxylic acids is 1. The molecule has 124 valence electrons. The normalized spacial score (nSPS) is 36.0. The molecule has 0 radical (unpaired) electrons. The van der Waals surface area contributed by atoms with Crippen LogP contribution < -0.4 is 10.6 Å². The third-order valence-electron chi connectivity index (χ3n) is 6.31. The average molecular weight is 312 g/mol. The largest absolute Gasteiger partial charge is 0.350 e. The topological polar surface area (TPSA) is 41.1 Å². The van der Waals surface area contributed by atoms with Crippen molar-refractivity contribution < 1.29 is 4.79 Å². The summed E-state index contributed by atoms with van der Waals surface area (Å²) >= 11 is 0. The highest BCUT2D eigenvalue weighted by Gasteiger charge is 2.51. The quantitative estimate of drug-likeness (QED) is 0.874. The summed E-state index contributed by atoms with van der Waals surface area (Å²) < 4.78 is 0. The Balaban J connectivity index is 1.32. The van der Waals surface area contributed by atoms with Crippen LogP contribution in [-0.4, -0.2) is 18.0 Å². The lowest BCUT2D eigenvalue weighted by molar-refractivity contribution is -0.126. The summed E-state index contributed by atoms with van der Waals surface area (Å²) in [6.45, 7) is 2.53. The van der Waals surface area contributed by atoms with Crippen LogP contribution >= 0.6 is 0 Å². The molecule has 5 rings (SSSR count). The molecule has 4 fully saturated rings. The zero-order chi connectivity index (χ0) is 15.9. The predicted octanol–water partition coefficient (Wildman–Crippen LogP) is 3.42. The van der Waals surface area contributed by atoms with Crippen LogP contribution in [0.3, 0.4) is 0 Å². The molecule has 3 nitrogen and oxygen atoms in total. The highest BCUT2D eigenvalue weighted by molar-refractivity contribution is 5.79. The summed E-state index contributed by atoms with van der Waals surface area (Å²) in [7, 11) is 0. The molecule has 0 saturated heterocycles. The van der Waals surface area contributed by atoms with Gasteiger partial charge in [0, 0.05) is 11.6 Å². The van der Waals surface area contributed by atoms with Crippen LogP contribution in [0.5, 0.6) is 0 Å². The van der Waals surface area contributed by atoms with E-state index >= 15 is 0 Å². The molecule has 1 aromatic carbocycles. The molecule has 4 aliphatic carbocycles. The Bertz CT molecular complexity index is 533. The monoisotopic (exact) mass is 312 g/mol. The highest BCUT2D eigenvalue weighted by atomic mass is 16.2. The lowest BCUT2D eigenvalue weighted by Gasteiger charge is -2.56. The van der Waals surface area contributed by atoms with Gasteiger partial charge in [-0.1, -0.05) is 30.3 Å². The molecular weight excluding hydrogens is 284 g/mol. The van der Waals surface area contributed by atoms with Crippen LogP contribution in [0.1, 0.15) is 57.1 Å². The fourth-order valence-electron chi connectivity index (χ4n) is 5.71. The Labute approximate surface area is 139 Å². The van der Waals surface area contributed by atoms with Crippen LogP contribution in [0.4, 0.5) is 0 Å². The molecule has 0 heterocycles. The van der Waals surface area contributed by atoms with E-state index in [-0.39, 0.29) is 17.5 Å². The van der Waals surface area contributed by atoms with Crippen molar-refractivity contribution in [1.82, 2.24) is 10.6 Å². The number of nitrogens with one attached hydrogen (secondary N) is 2. The van der Waals surface area contributed by atoms with E-state index in [0.29, 0.717) is 6.54 Å². The molecular formula is C20H28N2O. The fraction of sp³-hybridized carbons (Fsp3) is 0.650. The lowest BCUT2D eigenvalue weighted by Crippen LogP contribution is -2.60. The molecule has 0 aliphatic heterocycles. The van der Waals surface area contributed by atoms with Gasteiger partial charge < -0.3 is 10.6 Å². The van der Waals surface area contributed by atoms with E-state index in [1.807, 2.05) is 18.2 Å². The zero-order valence-corrected chi connectivity index (χ0v) is 14.1. The predicted molar refractivity (Wildman–Crippen MR) is 91.9 cm³/mol. The lowest BCUT2D eigenvalue weighted by atomic mass is 9.53. The first-order valence-corrected chi connectivity index (χ1v) is 9.21. The van der Waals surface area contributed by atoms with Crippen molar-refractivity contribution in [2.75, 3.05) is 6.54 Å². The third-order valence-corrected chi connectivity index (χ3v) is 6.31. The van der Waals surface area contributed by atoms with Crippen molar-refractivity contribution in [3.05, 3.63) is 35.9 Å². The van der Waals surface area contributed by atoms with Crippen molar-refractivity contribution in [3.63, 3.8) is 0 Å². The van der Waals surface area contributed by atoms with Gasteiger partial charge in [0.2, 0.25) is 5.91 Å². The van der Waals surface area contributed by atoms with E-state index in [1.165, 1.54) is 44.1 Å². The van der Waals surface area contributed by atoms with Crippen molar-refractivity contribution in [2.45, 2.75) is 57.0 Å². The number of carbonyl (C=O) groups is 1. The van der Waals surface area contributed by atoms with Crippen molar-refractivity contribution in [3.8, 4) is 0 Å². The third kappa shape index (κ3) is 3.16. The molecule has 1 amide bonds. The molecule has 4 aliphatic rings. The number of benzene rings is 1. The average Bonchev–Trinajstić information content (AvgIpc) is 2.51. The van der Waals surface area contributed by atoms with Crippen LogP contribution in [0.25, 0.3) is 0 Å². The van der Waals surface area contributed by atoms with Crippen molar-refractivity contribution in [2.24, 2.45) is 17.8 Å². The van der Waals surface area contributed by atoms with Gasteiger partial charge in [0.15, 0.2) is 0 Å². The number of hydrogen-bond acceptors (Lipinski definition) is 2. The number of amides is 1. The van der Waals surface area contributed by atoms with Gasteiger partial charge in [0.25, 0.3) is 0 Å². The minimum Gasteiger partial charge on any atom is -0.350 e. The molecule has 1 atom stereocenters. The smallest absolute Gasteiger partial charge is 0.234 e. The van der Waals surface area contributed by atoms with Crippen LogP contribution in [0.2, 0.25) is 0 Å². The summed E-state index contributed by atoms with van der Waals surface area (Å²) in [4.78, 5) is 12.5. The maximum absolute atomic E-state index is 12.5. The van der Waals surface area contributed by atoms with Gasteiger partial charge in [-0.15, -0.1) is 0 Å². The Hall–Kier alpha value is -1.35. The van der Waals surface area contributed by atoms with Crippen LogP contribution in [0, 0.1) is 17.8 Å². The summed E-state index contributed by atoms with van der Waals surface area (Å²) in [6.07, 6.45) is 7.91. The Kier molecular flexibility index (Phi) is 3.92. The minimum atomic E-state index is 0.128. The minimum absolute atomic E-state index is 0.128. The molecule has 1 aromatic rings. The first-order chi connectivity index (χ1) is 11.1. The van der Waals surface area contributed by atoms with Gasteiger partial charge in [-0.05, 0) is 68.8 Å². The molecule has 3 heteroatoms. The number of hydrogen-bond donors (Lipinski definition) is 2. The second kappa shape index (κ2) is 5.94. The molecule has 0 spiro atoms. The van der Waals surface area contributed by atoms with Gasteiger partial charge in [-0.25, -0.2) is 0 Å². The maximum atomic E-state index is 12.5. The van der Waals surface area contributed by atoms with Crippen molar-refractivity contribution in [1.29, 1.82) is 0 Å². The summed E-state index contributed by atoms with van der Waals surface area (Å²) in [5.74, 6) is 2.79. The van der Waals surface area contributed by atoms with Gasteiger partial charge in [0.1, 0.15) is 0 Å². The van der Waals surface area contributed by atoms with E-state index < -0.39 is 0 Å². The second-order valence-corrected chi connectivity index (χ2v) is 8.26. The maximum Gasteiger partial charge on any atom is 0.234 e. The standard InChI is InChI=1S/C20H28N2O/c1-14(18-5-3-2-4-6-18)21-13-19(23)22-20-10-15-7-16(11-20)9-17(8-15)12-20/h2-6,14-17,21H,7-13H2,1H3,(H,22,23)/t14-,15?,16?,17?,20?/m1/s1. The van der Waals surface area contributed by atoms with Gasteiger partial charge in [-0.3, -0.25) is 4.79 Å². The van der Waals surface area contributed by atoms with E-state index in [4.69, 9.17) is 0 Å². The fourth-order valence-corrected chi connectivity index (χ4v) is 5.71. The highest BCUT2D eigenvalue weighted by Crippen LogP contribution is 2.55. The van der Waals surface area contributed by atoms with Crippen LogP contribution in [0.15, 0.2) is 30.3 Å². The van der Waals surface area contributed by atoms with E-state index in [9.17, 15) is 4.79 Å². The van der Waals surface area contributed by atoms with Gasteiger partial charge >= 0.3 is 0 Å². The SMILES string of the molecule is C[C@@H](NCC(=O)NC12CC3CC(CC(C3)C1)C2)c1ccccc1. The molecule has 4 saturated carbocycles. The second-order valence-electron chi connectivity index (χ2n) is 8.26. The Morgan fingerprint density at radius 3 is 2.22 bits per heavy atom. The molecule has 0 unspecified atom stereocenters. The Morgan fingerprint density at radius 1 is 1.09 bits per heavy atom.